The molecule has 0 N–H and O–H groups in total. The Hall–Kier alpha value is -3.07. The highest BCUT2D eigenvalue weighted by atomic mass is 19.1. The van der Waals surface area contributed by atoms with Crippen LogP contribution in [0, 0.1) is 17.3 Å². The predicted molar refractivity (Wildman–Crippen MR) is 69.3 cm³/mol. The Morgan fingerprint density at radius 3 is 2.80 bits per heavy atom. The maximum Gasteiger partial charge on any atom is 0.222 e. The van der Waals surface area contributed by atoms with Crippen molar-refractivity contribution in [2.24, 2.45) is 0 Å². The van der Waals surface area contributed by atoms with Crippen molar-refractivity contribution < 1.29 is 4.39 Å². The van der Waals surface area contributed by atoms with Gasteiger partial charge in [-0.2, -0.15) is 9.65 Å². The number of nitriles is 1. The van der Waals surface area contributed by atoms with Crippen LogP contribution in [0.1, 0.15) is 5.56 Å². The summed E-state index contributed by atoms with van der Waals surface area (Å²) in [7, 11) is 0. The first-order valence-corrected chi connectivity index (χ1v) is 5.82. The number of aromatic nitrogens is 4. The first-order valence-electron chi connectivity index (χ1n) is 5.82. The van der Waals surface area contributed by atoms with Crippen molar-refractivity contribution >= 4 is 0 Å². The smallest absolute Gasteiger partial charge is 0.222 e. The van der Waals surface area contributed by atoms with Crippen molar-refractivity contribution in [2.75, 3.05) is 0 Å². The molecule has 0 aliphatic rings. The van der Waals surface area contributed by atoms with Crippen LogP contribution < -0.4 is 0 Å². The van der Waals surface area contributed by atoms with Gasteiger partial charge in [0.25, 0.3) is 0 Å². The average molecular weight is 265 g/mol. The Bertz CT molecular complexity index is 803. The Labute approximate surface area is 113 Å². The molecule has 96 valence electrons. The summed E-state index contributed by atoms with van der Waals surface area (Å²) in [4.78, 5) is 3.58. The number of halogens is 1. The molecule has 0 unspecified atom stereocenters. The predicted octanol–water partition coefficient (Wildman–Crippen LogP) is 2.34. The van der Waals surface area contributed by atoms with E-state index in [1.165, 1.54) is 10.9 Å². The van der Waals surface area contributed by atoms with E-state index in [0.717, 1.165) is 0 Å². The number of para-hydroxylation sites is 1. The van der Waals surface area contributed by atoms with Gasteiger partial charge >= 0.3 is 0 Å². The fraction of sp³-hybridized carbons (Fsp3) is 0. The monoisotopic (exact) mass is 265 g/mol. The van der Waals surface area contributed by atoms with Crippen LogP contribution in [-0.4, -0.2) is 20.0 Å². The molecule has 0 aliphatic heterocycles. The molecule has 6 heteroatoms. The van der Waals surface area contributed by atoms with Gasteiger partial charge in [0.05, 0.1) is 23.0 Å². The number of benzene rings is 1. The lowest BCUT2D eigenvalue weighted by molar-refractivity contribution is 0.587. The normalized spacial score (nSPS) is 10.2. The molecule has 0 amide bonds. The highest BCUT2D eigenvalue weighted by Gasteiger charge is 2.11. The molecule has 5 nitrogen and oxygen atoms in total. The van der Waals surface area contributed by atoms with Crippen LogP contribution >= 0.6 is 0 Å². The minimum Gasteiger partial charge on any atom is -0.228 e. The third-order valence-corrected chi connectivity index (χ3v) is 2.80. The maximum atomic E-state index is 13.6. The molecule has 0 spiro atoms. The molecule has 0 aliphatic carbocycles. The number of rotatable bonds is 2. The first kappa shape index (κ1) is 12.0. The summed E-state index contributed by atoms with van der Waals surface area (Å²) in [5.74, 6) is -0.604. The van der Waals surface area contributed by atoms with E-state index in [1.54, 1.807) is 42.6 Å². The summed E-state index contributed by atoms with van der Waals surface area (Å²) in [6.07, 6.45) is 2.94. The van der Waals surface area contributed by atoms with Crippen LogP contribution in [0.3, 0.4) is 0 Å². The molecule has 20 heavy (non-hydrogen) atoms. The molecule has 0 bridgehead atoms. The quantitative estimate of drug-likeness (QED) is 0.667. The molecular weight excluding hydrogens is 257 g/mol. The standard InChI is InChI=1S/C14H8FN5/c15-14-11(5-3-7-17-14)12-9-20(19-18-12)13-6-2-1-4-10(13)8-16/h1-7,9H. The topological polar surface area (TPSA) is 67.4 Å². The van der Waals surface area contributed by atoms with Gasteiger partial charge in [-0.25, -0.2) is 9.67 Å². The van der Waals surface area contributed by atoms with Gasteiger partial charge in [0.15, 0.2) is 0 Å². The summed E-state index contributed by atoms with van der Waals surface area (Å²) < 4.78 is 15.0. The van der Waals surface area contributed by atoms with E-state index < -0.39 is 5.95 Å². The van der Waals surface area contributed by atoms with E-state index >= 15 is 0 Å². The molecule has 2 heterocycles. The average Bonchev–Trinajstić information content (AvgIpc) is 2.97. The van der Waals surface area contributed by atoms with Crippen LogP contribution in [0.15, 0.2) is 48.8 Å². The van der Waals surface area contributed by atoms with Crippen molar-refractivity contribution in [2.45, 2.75) is 0 Å². The van der Waals surface area contributed by atoms with Crippen molar-refractivity contribution in [1.29, 1.82) is 5.26 Å². The molecular formula is C14H8FN5. The van der Waals surface area contributed by atoms with Crippen molar-refractivity contribution in [1.82, 2.24) is 20.0 Å². The van der Waals surface area contributed by atoms with Crippen LogP contribution in [0.5, 0.6) is 0 Å². The van der Waals surface area contributed by atoms with Gasteiger partial charge in [0, 0.05) is 6.20 Å². The van der Waals surface area contributed by atoms with Gasteiger partial charge in [0.2, 0.25) is 5.95 Å². The lowest BCUT2D eigenvalue weighted by atomic mass is 10.2. The largest absolute Gasteiger partial charge is 0.228 e. The Balaban J connectivity index is 2.08. The summed E-state index contributed by atoms with van der Waals surface area (Å²) >= 11 is 0. The maximum absolute atomic E-state index is 13.6. The van der Waals surface area contributed by atoms with E-state index in [0.29, 0.717) is 16.9 Å². The van der Waals surface area contributed by atoms with E-state index in [9.17, 15) is 4.39 Å². The fourth-order valence-corrected chi connectivity index (χ4v) is 1.85. The molecule has 0 atom stereocenters. The fourth-order valence-electron chi connectivity index (χ4n) is 1.85. The number of hydrogen-bond acceptors (Lipinski definition) is 4. The van der Waals surface area contributed by atoms with Gasteiger partial charge in [-0.05, 0) is 24.3 Å². The zero-order chi connectivity index (χ0) is 13.9. The van der Waals surface area contributed by atoms with E-state index in [2.05, 4.69) is 21.4 Å². The number of pyridine rings is 1. The van der Waals surface area contributed by atoms with E-state index in [4.69, 9.17) is 5.26 Å². The lowest BCUT2D eigenvalue weighted by Gasteiger charge is -2.01. The summed E-state index contributed by atoms with van der Waals surface area (Å²) in [6, 6.07) is 12.3. The molecule has 0 radical (unpaired) electrons. The van der Waals surface area contributed by atoms with E-state index in [1.807, 2.05) is 0 Å². The molecule has 0 saturated heterocycles. The van der Waals surface area contributed by atoms with Gasteiger partial charge < -0.3 is 0 Å². The molecule has 3 rings (SSSR count). The summed E-state index contributed by atoms with van der Waals surface area (Å²) in [6.45, 7) is 0. The molecule has 2 aromatic heterocycles. The second-order valence-corrected chi connectivity index (χ2v) is 4.02. The summed E-state index contributed by atoms with van der Waals surface area (Å²) in [5, 5.41) is 16.9. The Morgan fingerprint density at radius 1 is 1.15 bits per heavy atom. The second-order valence-electron chi connectivity index (χ2n) is 4.02. The third kappa shape index (κ3) is 2.01. The van der Waals surface area contributed by atoms with Crippen molar-refractivity contribution in [3.8, 4) is 23.0 Å². The Morgan fingerprint density at radius 2 is 2.00 bits per heavy atom. The SMILES string of the molecule is N#Cc1ccccc1-n1cc(-c2cccnc2F)nn1. The van der Waals surface area contributed by atoms with Gasteiger partial charge in [-0.3, -0.25) is 0 Å². The minimum absolute atomic E-state index is 0.271. The lowest BCUT2D eigenvalue weighted by Crippen LogP contribution is -1.97. The van der Waals surface area contributed by atoms with Crippen LogP contribution in [0.2, 0.25) is 0 Å². The highest BCUT2D eigenvalue weighted by Crippen LogP contribution is 2.20. The van der Waals surface area contributed by atoms with E-state index in [-0.39, 0.29) is 5.56 Å². The third-order valence-electron chi connectivity index (χ3n) is 2.80. The first-order chi connectivity index (χ1) is 9.79. The molecule has 0 saturated carbocycles. The molecule has 0 fully saturated rings. The number of nitrogens with zero attached hydrogens (tertiary/aromatic N) is 5. The zero-order valence-electron chi connectivity index (χ0n) is 10.2. The van der Waals surface area contributed by atoms with Crippen LogP contribution in [0.25, 0.3) is 16.9 Å². The van der Waals surface area contributed by atoms with Crippen LogP contribution in [-0.2, 0) is 0 Å². The zero-order valence-corrected chi connectivity index (χ0v) is 10.2. The van der Waals surface area contributed by atoms with Gasteiger partial charge in [-0.15, -0.1) is 5.10 Å². The van der Waals surface area contributed by atoms with Gasteiger partial charge in [-0.1, -0.05) is 17.3 Å². The van der Waals surface area contributed by atoms with Crippen molar-refractivity contribution in [3.63, 3.8) is 0 Å². The Kier molecular flexibility index (Phi) is 2.94. The molecule has 3 aromatic rings. The second kappa shape index (κ2) is 4.90. The molecule has 1 aromatic carbocycles. The minimum atomic E-state index is -0.604. The number of hydrogen-bond donors (Lipinski definition) is 0. The van der Waals surface area contributed by atoms with Crippen molar-refractivity contribution in [3.05, 3.63) is 60.3 Å². The van der Waals surface area contributed by atoms with Gasteiger partial charge in [0.1, 0.15) is 11.8 Å². The highest BCUT2D eigenvalue weighted by molar-refractivity contribution is 5.58. The van der Waals surface area contributed by atoms with Crippen LogP contribution in [0.4, 0.5) is 4.39 Å². The summed E-state index contributed by atoms with van der Waals surface area (Å²) in [5.41, 5.74) is 1.70.